The molecule has 1 aliphatic heterocycles. The molecule has 0 bridgehead atoms. The van der Waals surface area contributed by atoms with Crippen LogP contribution in [0, 0.1) is 30.1 Å². The van der Waals surface area contributed by atoms with Gasteiger partial charge in [0.2, 0.25) is 0 Å². The summed E-state index contributed by atoms with van der Waals surface area (Å²) < 4.78 is 5.56. The third kappa shape index (κ3) is 12.6. The van der Waals surface area contributed by atoms with E-state index < -0.39 is 0 Å². The van der Waals surface area contributed by atoms with Crippen LogP contribution in [0.2, 0.25) is 0 Å². The van der Waals surface area contributed by atoms with Crippen molar-refractivity contribution in [2.75, 3.05) is 58.4 Å². The van der Waals surface area contributed by atoms with E-state index in [0.29, 0.717) is 35.5 Å². The second kappa shape index (κ2) is 21.9. The molecule has 1 amide bonds. The topological polar surface area (TPSA) is 65.1 Å². The SMILES string of the molecule is CCN(c1cc(-c2ccc(CN3CCOCC3)cc2)cc(C(=O)NCC(C=O)C(C)CC(C)CCC2(C)CCCCCCCC2)c1C)C1CCC(N(C)C)CC1. The van der Waals surface area contributed by atoms with Crippen molar-refractivity contribution < 1.29 is 14.3 Å². The molecule has 0 spiro atoms. The molecule has 2 aromatic carbocycles. The largest absolute Gasteiger partial charge is 0.379 e. The van der Waals surface area contributed by atoms with Gasteiger partial charge in [0, 0.05) is 62.0 Å². The number of hydrogen-bond acceptors (Lipinski definition) is 6. The Morgan fingerprint density at radius 1 is 0.929 bits per heavy atom. The average Bonchev–Trinajstić information content (AvgIpc) is 3.31. The van der Waals surface area contributed by atoms with E-state index in [-0.39, 0.29) is 17.7 Å². The van der Waals surface area contributed by atoms with Crippen LogP contribution < -0.4 is 10.2 Å². The molecule has 312 valence electrons. The lowest BCUT2D eigenvalue weighted by molar-refractivity contribution is -0.112. The van der Waals surface area contributed by atoms with Gasteiger partial charge in [-0.1, -0.05) is 90.0 Å². The zero-order chi connectivity index (χ0) is 40.1. The van der Waals surface area contributed by atoms with Crippen molar-refractivity contribution in [1.29, 1.82) is 0 Å². The van der Waals surface area contributed by atoms with Gasteiger partial charge >= 0.3 is 0 Å². The smallest absolute Gasteiger partial charge is 0.251 e. The molecular formula is C49H78N4O3. The van der Waals surface area contributed by atoms with E-state index in [1.165, 1.54) is 82.6 Å². The third-order valence-corrected chi connectivity index (χ3v) is 14.1. The first kappa shape index (κ1) is 44.4. The van der Waals surface area contributed by atoms with E-state index >= 15 is 0 Å². The molecule has 2 aliphatic carbocycles. The molecule has 56 heavy (non-hydrogen) atoms. The van der Waals surface area contributed by atoms with E-state index in [4.69, 9.17) is 4.74 Å². The Bertz CT molecular complexity index is 1480. The van der Waals surface area contributed by atoms with Crippen LogP contribution >= 0.6 is 0 Å². The molecule has 3 aliphatic rings. The molecule has 0 radical (unpaired) electrons. The maximum absolute atomic E-state index is 14.3. The van der Waals surface area contributed by atoms with Gasteiger partial charge in [-0.05, 0) is 131 Å². The molecule has 2 saturated carbocycles. The Morgan fingerprint density at radius 2 is 1.55 bits per heavy atom. The fraction of sp³-hybridized carbons (Fsp3) is 0.714. The van der Waals surface area contributed by atoms with Crippen LogP contribution in [-0.4, -0.2) is 87.6 Å². The molecular weight excluding hydrogens is 693 g/mol. The fourth-order valence-electron chi connectivity index (χ4n) is 10.1. The Hall–Kier alpha value is -2.74. The minimum Gasteiger partial charge on any atom is -0.379 e. The zero-order valence-electron chi connectivity index (χ0n) is 36.6. The molecule has 7 nitrogen and oxygen atoms in total. The van der Waals surface area contributed by atoms with Gasteiger partial charge in [0.1, 0.15) is 6.29 Å². The third-order valence-electron chi connectivity index (χ3n) is 14.1. The monoisotopic (exact) mass is 771 g/mol. The van der Waals surface area contributed by atoms with Crippen LogP contribution in [-0.2, 0) is 16.1 Å². The van der Waals surface area contributed by atoms with Crippen molar-refractivity contribution in [3.05, 3.63) is 53.1 Å². The van der Waals surface area contributed by atoms with Crippen molar-refractivity contribution in [3.8, 4) is 11.1 Å². The van der Waals surface area contributed by atoms with Gasteiger partial charge in [0.05, 0.1) is 13.2 Å². The summed E-state index contributed by atoms with van der Waals surface area (Å²) in [4.78, 5) is 34.2. The first-order valence-corrected chi connectivity index (χ1v) is 22.7. The summed E-state index contributed by atoms with van der Waals surface area (Å²) in [5.41, 5.74) is 6.83. The van der Waals surface area contributed by atoms with Gasteiger partial charge in [-0.3, -0.25) is 9.69 Å². The quantitative estimate of drug-likeness (QED) is 0.162. The minimum atomic E-state index is -0.206. The van der Waals surface area contributed by atoms with Gasteiger partial charge in [-0.25, -0.2) is 0 Å². The van der Waals surface area contributed by atoms with Crippen LogP contribution in [0.4, 0.5) is 5.69 Å². The molecule has 1 heterocycles. The number of amides is 1. The van der Waals surface area contributed by atoms with E-state index in [2.05, 4.69) is 105 Å². The highest BCUT2D eigenvalue weighted by Crippen LogP contribution is 2.40. The summed E-state index contributed by atoms with van der Waals surface area (Å²) in [6.07, 6.45) is 20.3. The van der Waals surface area contributed by atoms with Crippen molar-refractivity contribution in [2.24, 2.45) is 23.2 Å². The van der Waals surface area contributed by atoms with E-state index in [0.717, 1.165) is 87.3 Å². The lowest BCUT2D eigenvalue weighted by Gasteiger charge is -2.40. The number of aldehydes is 1. The molecule has 0 aromatic heterocycles. The summed E-state index contributed by atoms with van der Waals surface area (Å²) in [6, 6.07) is 14.4. The number of ether oxygens (including phenoxy) is 1. The molecule has 3 fully saturated rings. The first-order chi connectivity index (χ1) is 27.0. The number of carbonyl (C=O) groups is 2. The summed E-state index contributed by atoms with van der Waals surface area (Å²) in [5.74, 6) is 0.482. The molecule has 3 atom stereocenters. The maximum Gasteiger partial charge on any atom is 0.251 e. The minimum absolute atomic E-state index is 0.0814. The fourth-order valence-corrected chi connectivity index (χ4v) is 10.1. The van der Waals surface area contributed by atoms with E-state index in [1.807, 2.05) is 0 Å². The van der Waals surface area contributed by atoms with Crippen molar-refractivity contribution in [1.82, 2.24) is 15.1 Å². The second-order valence-electron chi connectivity index (χ2n) is 18.8. The second-order valence-corrected chi connectivity index (χ2v) is 18.8. The Morgan fingerprint density at radius 3 is 2.16 bits per heavy atom. The summed E-state index contributed by atoms with van der Waals surface area (Å²) in [6.45, 7) is 17.2. The standard InChI is InChI=1S/C49H78N4O3/c1-8-53(45-21-19-44(20-22-45)51(6)7)47-33-42(41-17-15-40(16-18-41)35-52-27-29-56-30-28-52)32-46(39(47)4)48(55)50-34-43(36-54)38(3)31-37(2)23-26-49(5)24-13-11-9-10-12-14-25-49/h15-18,32-33,36-38,43-45H,8-14,19-31,34-35H2,1-7H3,(H,50,55). The predicted molar refractivity (Wildman–Crippen MR) is 235 cm³/mol. The number of carbonyl (C=O) groups excluding carboxylic acids is 2. The highest BCUT2D eigenvalue weighted by molar-refractivity contribution is 5.99. The van der Waals surface area contributed by atoms with E-state index in [1.54, 1.807) is 0 Å². The van der Waals surface area contributed by atoms with Gasteiger partial charge in [-0.15, -0.1) is 0 Å². The van der Waals surface area contributed by atoms with Crippen LogP contribution in [0.1, 0.15) is 145 Å². The predicted octanol–water partition coefficient (Wildman–Crippen LogP) is 10.3. The van der Waals surface area contributed by atoms with Crippen molar-refractivity contribution in [2.45, 2.75) is 150 Å². The summed E-state index contributed by atoms with van der Waals surface area (Å²) >= 11 is 0. The molecule has 1 N–H and O–H groups in total. The van der Waals surface area contributed by atoms with Gasteiger partial charge in [-0.2, -0.15) is 0 Å². The summed E-state index contributed by atoms with van der Waals surface area (Å²) in [7, 11) is 4.40. The van der Waals surface area contributed by atoms with Crippen LogP contribution in [0.15, 0.2) is 36.4 Å². The van der Waals surface area contributed by atoms with Crippen LogP contribution in [0.5, 0.6) is 0 Å². The number of anilines is 1. The Kier molecular flexibility index (Phi) is 17.3. The highest BCUT2D eigenvalue weighted by Gasteiger charge is 2.30. The number of nitrogens with one attached hydrogen (secondary N) is 1. The van der Waals surface area contributed by atoms with E-state index in [9.17, 15) is 9.59 Å². The molecule has 1 saturated heterocycles. The summed E-state index contributed by atoms with van der Waals surface area (Å²) in [5, 5.41) is 3.26. The lowest BCUT2D eigenvalue weighted by Crippen LogP contribution is -2.42. The first-order valence-electron chi connectivity index (χ1n) is 22.7. The number of rotatable bonds is 17. The molecule has 2 aromatic rings. The zero-order valence-corrected chi connectivity index (χ0v) is 36.6. The lowest BCUT2D eigenvalue weighted by atomic mass is 9.74. The molecule has 3 unspecified atom stereocenters. The van der Waals surface area contributed by atoms with Crippen LogP contribution in [0.25, 0.3) is 11.1 Å². The molecule has 7 heteroatoms. The Labute approximate surface area is 341 Å². The average molecular weight is 771 g/mol. The van der Waals surface area contributed by atoms with Gasteiger partial charge in [0.25, 0.3) is 5.91 Å². The number of hydrogen-bond donors (Lipinski definition) is 1. The van der Waals surface area contributed by atoms with Crippen molar-refractivity contribution >= 4 is 17.9 Å². The Balaban J connectivity index is 1.29. The van der Waals surface area contributed by atoms with Gasteiger partial charge < -0.3 is 24.6 Å². The number of benzene rings is 2. The maximum atomic E-state index is 14.3. The highest BCUT2D eigenvalue weighted by atomic mass is 16.5. The molecule has 5 rings (SSSR count). The van der Waals surface area contributed by atoms with Crippen molar-refractivity contribution in [3.63, 3.8) is 0 Å². The normalized spacial score (nSPS) is 22.6. The van der Waals surface area contributed by atoms with Gasteiger partial charge in [0.15, 0.2) is 0 Å². The number of morpholine rings is 1. The number of nitrogens with zero attached hydrogens (tertiary/aromatic N) is 3. The van der Waals surface area contributed by atoms with Crippen LogP contribution in [0.3, 0.4) is 0 Å².